The van der Waals surface area contributed by atoms with Gasteiger partial charge in [-0.25, -0.2) is 14.2 Å². The summed E-state index contributed by atoms with van der Waals surface area (Å²) in [5.41, 5.74) is -1.14. The number of hydrogen-bond acceptors (Lipinski definition) is 4. The fraction of sp³-hybridized carbons (Fsp3) is 0. The molecule has 1 N–H and O–H groups in total. The minimum Gasteiger partial charge on any atom is -0.506 e. The fourth-order valence-corrected chi connectivity index (χ4v) is 2.68. The SMILES string of the molecule is O=C1N=c2ccc(F)cc2=C1c1c(O)c2ccccc2oc1=O. The smallest absolute Gasteiger partial charge is 0.348 e. The van der Waals surface area contributed by atoms with Crippen LogP contribution in [0.3, 0.4) is 0 Å². The van der Waals surface area contributed by atoms with Crippen LogP contribution < -0.4 is 16.2 Å². The second-order valence-corrected chi connectivity index (χ2v) is 5.06. The van der Waals surface area contributed by atoms with Gasteiger partial charge in [0.2, 0.25) is 0 Å². The Morgan fingerprint density at radius 1 is 1.09 bits per heavy atom. The summed E-state index contributed by atoms with van der Waals surface area (Å²) in [7, 11) is 0. The van der Waals surface area contributed by atoms with E-state index in [4.69, 9.17) is 4.42 Å². The molecule has 4 rings (SSSR count). The zero-order chi connectivity index (χ0) is 16.1. The Kier molecular flexibility index (Phi) is 2.68. The predicted octanol–water partition coefficient (Wildman–Crippen LogP) is 0.996. The number of rotatable bonds is 1. The first-order valence-electron chi connectivity index (χ1n) is 6.74. The summed E-state index contributed by atoms with van der Waals surface area (Å²) in [4.78, 5) is 28.2. The monoisotopic (exact) mass is 309 g/mol. The van der Waals surface area contributed by atoms with Crippen LogP contribution in [0.25, 0.3) is 16.5 Å². The number of nitrogens with zero attached hydrogens (tertiary/aromatic N) is 1. The lowest BCUT2D eigenvalue weighted by Gasteiger charge is -2.06. The van der Waals surface area contributed by atoms with Crippen molar-refractivity contribution >= 4 is 22.4 Å². The third-order valence-electron chi connectivity index (χ3n) is 3.70. The summed E-state index contributed by atoms with van der Waals surface area (Å²) < 4.78 is 18.7. The highest BCUT2D eigenvalue weighted by Gasteiger charge is 2.26. The molecule has 1 amide bonds. The zero-order valence-corrected chi connectivity index (χ0v) is 11.5. The second-order valence-electron chi connectivity index (χ2n) is 5.06. The molecule has 1 aliphatic rings. The van der Waals surface area contributed by atoms with Crippen LogP contribution in [0.5, 0.6) is 5.75 Å². The molecule has 0 fully saturated rings. The Hall–Kier alpha value is -3.28. The molecule has 0 radical (unpaired) electrons. The van der Waals surface area contributed by atoms with E-state index in [1.165, 1.54) is 18.2 Å². The fourth-order valence-electron chi connectivity index (χ4n) is 2.68. The van der Waals surface area contributed by atoms with E-state index in [9.17, 15) is 19.1 Å². The number of para-hydroxylation sites is 1. The van der Waals surface area contributed by atoms with E-state index in [1.54, 1.807) is 18.2 Å². The molecule has 23 heavy (non-hydrogen) atoms. The van der Waals surface area contributed by atoms with Crippen LogP contribution in [0.4, 0.5) is 4.39 Å². The Balaban J connectivity index is 2.20. The van der Waals surface area contributed by atoms with Crippen LogP contribution in [0.2, 0.25) is 0 Å². The number of carbonyl (C=O) groups excluding carboxylic acids is 1. The summed E-state index contributed by atoms with van der Waals surface area (Å²) in [5.74, 6) is -1.67. The molecule has 112 valence electrons. The van der Waals surface area contributed by atoms with Crippen molar-refractivity contribution in [2.75, 3.05) is 0 Å². The molecule has 1 aromatic heterocycles. The summed E-state index contributed by atoms with van der Waals surface area (Å²) in [6.45, 7) is 0. The van der Waals surface area contributed by atoms with Crippen LogP contribution in [0.1, 0.15) is 5.56 Å². The quantitative estimate of drug-likeness (QED) is 0.680. The van der Waals surface area contributed by atoms with Crippen molar-refractivity contribution in [2.45, 2.75) is 0 Å². The highest BCUT2D eigenvalue weighted by Crippen LogP contribution is 2.30. The van der Waals surface area contributed by atoms with Gasteiger partial charge in [0.25, 0.3) is 5.91 Å². The molecule has 0 spiro atoms. The van der Waals surface area contributed by atoms with Gasteiger partial charge >= 0.3 is 5.63 Å². The maximum Gasteiger partial charge on any atom is 0.348 e. The van der Waals surface area contributed by atoms with Crippen molar-refractivity contribution < 1.29 is 18.7 Å². The van der Waals surface area contributed by atoms with Crippen LogP contribution >= 0.6 is 0 Å². The second kappa shape index (κ2) is 4.61. The average molecular weight is 309 g/mol. The molecule has 6 heteroatoms. The normalized spacial score (nSPS) is 13.3. The number of amides is 1. The van der Waals surface area contributed by atoms with Crippen molar-refractivity contribution in [3.63, 3.8) is 0 Å². The van der Waals surface area contributed by atoms with Crippen LogP contribution in [0.15, 0.2) is 56.7 Å². The summed E-state index contributed by atoms with van der Waals surface area (Å²) in [5, 5.41) is 11.1. The van der Waals surface area contributed by atoms with Gasteiger partial charge in [0, 0.05) is 5.22 Å². The molecule has 0 unspecified atom stereocenters. The van der Waals surface area contributed by atoms with E-state index in [1.807, 2.05) is 0 Å². The molecule has 0 atom stereocenters. The molecule has 1 aliphatic heterocycles. The van der Waals surface area contributed by atoms with Gasteiger partial charge in [-0.3, -0.25) is 4.79 Å². The van der Waals surface area contributed by atoms with Crippen molar-refractivity contribution in [3.05, 3.63) is 74.8 Å². The highest BCUT2D eigenvalue weighted by molar-refractivity contribution is 6.22. The van der Waals surface area contributed by atoms with E-state index < -0.39 is 17.3 Å². The van der Waals surface area contributed by atoms with E-state index in [0.29, 0.717) is 0 Å². The molecule has 0 saturated heterocycles. The molecule has 5 nitrogen and oxygen atoms in total. The average Bonchev–Trinajstić information content (AvgIpc) is 2.83. The number of hydrogen-bond donors (Lipinski definition) is 1. The van der Waals surface area contributed by atoms with Crippen molar-refractivity contribution in [1.82, 2.24) is 0 Å². The molecule has 0 bridgehead atoms. The number of carbonyl (C=O) groups is 1. The maximum absolute atomic E-state index is 13.5. The van der Waals surface area contributed by atoms with Crippen LogP contribution in [-0.4, -0.2) is 11.0 Å². The molecular weight excluding hydrogens is 301 g/mol. The lowest BCUT2D eigenvalue weighted by molar-refractivity contribution is -0.112. The number of benzene rings is 2. The van der Waals surface area contributed by atoms with Gasteiger partial charge in [0.15, 0.2) is 0 Å². The zero-order valence-electron chi connectivity index (χ0n) is 11.5. The minimum atomic E-state index is -0.878. The number of aromatic hydroxyl groups is 1. The summed E-state index contributed by atoms with van der Waals surface area (Å²) in [6, 6.07) is 10.0. The first-order valence-corrected chi connectivity index (χ1v) is 6.74. The standard InChI is InChI=1S/C17H8FNO4/c18-8-5-6-11-10(7-8)13(16(21)19-11)14-15(20)9-3-1-2-4-12(9)23-17(14)22/h1-7,20H. The number of halogens is 1. The van der Waals surface area contributed by atoms with E-state index in [0.717, 1.165) is 6.07 Å². The molecule has 0 saturated carbocycles. The molecule has 3 aromatic rings. The number of fused-ring (bicyclic) bond motifs is 2. The van der Waals surface area contributed by atoms with Gasteiger partial charge in [-0.1, -0.05) is 12.1 Å². The summed E-state index contributed by atoms with van der Waals surface area (Å²) >= 11 is 0. The van der Waals surface area contributed by atoms with Gasteiger partial charge < -0.3 is 9.52 Å². The third-order valence-corrected chi connectivity index (χ3v) is 3.70. The largest absolute Gasteiger partial charge is 0.506 e. The van der Waals surface area contributed by atoms with E-state index in [2.05, 4.69) is 4.99 Å². The molecule has 0 aliphatic carbocycles. The Morgan fingerprint density at radius 3 is 2.70 bits per heavy atom. The van der Waals surface area contributed by atoms with Gasteiger partial charge in [0.1, 0.15) is 22.7 Å². The van der Waals surface area contributed by atoms with Crippen molar-refractivity contribution in [3.8, 4) is 5.75 Å². The Bertz CT molecular complexity index is 1180. The molecular formula is C17H8FNO4. The first-order chi connectivity index (χ1) is 11.1. The van der Waals surface area contributed by atoms with Gasteiger partial charge in [-0.2, -0.15) is 0 Å². The van der Waals surface area contributed by atoms with Gasteiger partial charge in [0.05, 0.1) is 16.3 Å². The Morgan fingerprint density at radius 2 is 1.87 bits per heavy atom. The van der Waals surface area contributed by atoms with E-state index in [-0.39, 0.29) is 38.4 Å². The van der Waals surface area contributed by atoms with Crippen molar-refractivity contribution in [2.24, 2.45) is 4.99 Å². The highest BCUT2D eigenvalue weighted by atomic mass is 19.1. The lowest BCUT2D eigenvalue weighted by atomic mass is 10.0. The minimum absolute atomic E-state index is 0.156. The van der Waals surface area contributed by atoms with E-state index >= 15 is 0 Å². The molecule has 2 aromatic carbocycles. The van der Waals surface area contributed by atoms with Crippen LogP contribution in [-0.2, 0) is 4.79 Å². The lowest BCUT2D eigenvalue weighted by Crippen LogP contribution is -2.25. The summed E-state index contributed by atoms with van der Waals surface area (Å²) in [6.07, 6.45) is 0. The third kappa shape index (κ3) is 1.88. The topological polar surface area (TPSA) is 79.9 Å². The first kappa shape index (κ1) is 13.4. The predicted molar refractivity (Wildman–Crippen MR) is 78.8 cm³/mol. The van der Waals surface area contributed by atoms with Gasteiger partial charge in [-0.05, 0) is 30.3 Å². The van der Waals surface area contributed by atoms with Crippen LogP contribution in [0, 0.1) is 5.82 Å². The van der Waals surface area contributed by atoms with Gasteiger partial charge in [-0.15, -0.1) is 0 Å². The molecule has 2 heterocycles. The Labute approximate surface area is 127 Å². The van der Waals surface area contributed by atoms with Crippen molar-refractivity contribution in [1.29, 1.82) is 0 Å². The maximum atomic E-state index is 13.5.